The molecule has 0 spiro atoms. The summed E-state index contributed by atoms with van der Waals surface area (Å²) in [6, 6.07) is 0. The Kier molecular flexibility index (Phi) is 11.0. The Hall–Kier alpha value is -1.06. The third-order valence-electron chi connectivity index (χ3n) is 4.44. The highest BCUT2D eigenvalue weighted by Crippen LogP contribution is 2.35. The van der Waals surface area contributed by atoms with Gasteiger partial charge >= 0.3 is 11.9 Å². The maximum Gasteiger partial charge on any atom is 0.309 e. The quantitative estimate of drug-likeness (QED) is 0.449. The Morgan fingerprint density at radius 3 is 1.76 bits per heavy atom. The summed E-state index contributed by atoms with van der Waals surface area (Å²) in [6.07, 6.45) is 10.2. The van der Waals surface area contributed by atoms with Crippen molar-refractivity contribution in [1.29, 1.82) is 0 Å². The number of unbranched alkanes of at least 4 members (excludes halogenated alkanes) is 6. The van der Waals surface area contributed by atoms with Crippen molar-refractivity contribution in [1.82, 2.24) is 0 Å². The smallest absolute Gasteiger partial charge is 0.309 e. The van der Waals surface area contributed by atoms with Crippen LogP contribution in [0.15, 0.2) is 0 Å². The Balaban J connectivity index is 4.10. The van der Waals surface area contributed by atoms with E-state index in [1.807, 2.05) is 6.92 Å². The Morgan fingerprint density at radius 2 is 1.33 bits per heavy atom. The summed E-state index contributed by atoms with van der Waals surface area (Å²) < 4.78 is 0. The lowest BCUT2D eigenvalue weighted by molar-refractivity contribution is -0.150. The van der Waals surface area contributed by atoms with Crippen LogP contribution in [0.4, 0.5) is 0 Å². The van der Waals surface area contributed by atoms with Crippen molar-refractivity contribution in [2.45, 2.75) is 90.9 Å². The van der Waals surface area contributed by atoms with Crippen LogP contribution in [0.5, 0.6) is 0 Å². The molecule has 21 heavy (non-hydrogen) atoms. The molecule has 0 aromatic carbocycles. The molecule has 0 rings (SSSR count). The van der Waals surface area contributed by atoms with Gasteiger partial charge in [-0.05, 0) is 25.7 Å². The number of rotatable bonds is 14. The van der Waals surface area contributed by atoms with Crippen molar-refractivity contribution < 1.29 is 19.8 Å². The van der Waals surface area contributed by atoms with Crippen LogP contribution in [0.2, 0.25) is 0 Å². The first-order chi connectivity index (χ1) is 9.98. The third kappa shape index (κ3) is 8.74. The van der Waals surface area contributed by atoms with E-state index in [9.17, 15) is 14.7 Å². The molecule has 0 aromatic rings. The fourth-order valence-corrected chi connectivity index (χ4v) is 2.83. The SMILES string of the molecule is CCCCCCC(CC)(CCCCCCC(=O)O)C(=O)O. The van der Waals surface area contributed by atoms with Crippen molar-refractivity contribution in [2.24, 2.45) is 5.41 Å². The average Bonchev–Trinajstić information content (AvgIpc) is 2.44. The van der Waals surface area contributed by atoms with Gasteiger partial charge in [-0.15, -0.1) is 0 Å². The van der Waals surface area contributed by atoms with Gasteiger partial charge in [-0.3, -0.25) is 9.59 Å². The molecular weight excluding hydrogens is 268 g/mol. The predicted molar refractivity (Wildman–Crippen MR) is 84.5 cm³/mol. The van der Waals surface area contributed by atoms with Crippen molar-refractivity contribution >= 4 is 11.9 Å². The van der Waals surface area contributed by atoms with Crippen molar-refractivity contribution in [3.63, 3.8) is 0 Å². The minimum absolute atomic E-state index is 0.217. The largest absolute Gasteiger partial charge is 0.481 e. The minimum atomic E-state index is -0.751. The number of carboxylic acids is 2. The second kappa shape index (κ2) is 11.6. The Morgan fingerprint density at radius 1 is 0.810 bits per heavy atom. The zero-order valence-electron chi connectivity index (χ0n) is 13.7. The molecule has 0 saturated carbocycles. The van der Waals surface area contributed by atoms with Crippen LogP contribution in [0.3, 0.4) is 0 Å². The summed E-state index contributed by atoms with van der Waals surface area (Å²) >= 11 is 0. The zero-order valence-corrected chi connectivity index (χ0v) is 13.7. The van der Waals surface area contributed by atoms with Crippen molar-refractivity contribution in [3.8, 4) is 0 Å². The molecular formula is C17H32O4. The van der Waals surface area contributed by atoms with Gasteiger partial charge in [-0.2, -0.15) is 0 Å². The van der Waals surface area contributed by atoms with E-state index in [0.717, 1.165) is 51.4 Å². The molecule has 0 amide bonds. The number of hydrogen-bond acceptors (Lipinski definition) is 2. The van der Waals surface area contributed by atoms with Crippen LogP contribution in [0.1, 0.15) is 90.9 Å². The Bertz CT molecular complexity index is 301. The second-order valence-electron chi connectivity index (χ2n) is 6.06. The Labute approximate surface area is 128 Å². The molecule has 1 atom stereocenters. The van der Waals surface area contributed by atoms with Gasteiger partial charge in [0.05, 0.1) is 5.41 Å². The van der Waals surface area contributed by atoms with Crippen molar-refractivity contribution in [3.05, 3.63) is 0 Å². The summed E-state index contributed by atoms with van der Waals surface area (Å²) in [5.41, 5.74) is -0.569. The molecule has 0 fully saturated rings. The molecule has 4 heteroatoms. The van der Waals surface area contributed by atoms with E-state index < -0.39 is 17.4 Å². The normalized spacial score (nSPS) is 13.8. The number of aliphatic carboxylic acids is 2. The summed E-state index contributed by atoms with van der Waals surface area (Å²) in [4.78, 5) is 22.1. The van der Waals surface area contributed by atoms with E-state index in [4.69, 9.17) is 5.11 Å². The van der Waals surface area contributed by atoms with E-state index in [2.05, 4.69) is 6.92 Å². The van der Waals surface area contributed by atoms with Crippen LogP contribution in [0, 0.1) is 5.41 Å². The second-order valence-corrected chi connectivity index (χ2v) is 6.06. The first kappa shape index (κ1) is 19.9. The minimum Gasteiger partial charge on any atom is -0.481 e. The molecule has 0 aliphatic heterocycles. The molecule has 0 aliphatic rings. The van der Waals surface area contributed by atoms with E-state index in [-0.39, 0.29) is 6.42 Å². The first-order valence-corrected chi connectivity index (χ1v) is 8.43. The summed E-state index contributed by atoms with van der Waals surface area (Å²) in [6.45, 7) is 4.12. The molecule has 0 aromatic heterocycles. The topological polar surface area (TPSA) is 74.6 Å². The van der Waals surface area contributed by atoms with Crippen LogP contribution in [0.25, 0.3) is 0 Å². The summed E-state index contributed by atoms with van der Waals surface area (Å²) in [5, 5.41) is 18.2. The maximum absolute atomic E-state index is 11.6. The number of carboxylic acid groups (broad SMARTS) is 2. The van der Waals surface area contributed by atoms with E-state index in [1.54, 1.807) is 0 Å². The number of hydrogen-bond donors (Lipinski definition) is 2. The molecule has 0 aliphatic carbocycles. The zero-order chi connectivity index (χ0) is 16.1. The van der Waals surface area contributed by atoms with Gasteiger partial charge in [-0.1, -0.05) is 58.8 Å². The first-order valence-electron chi connectivity index (χ1n) is 8.43. The molecule has 1 unspecified atom stereocenters. The predicted octanol–water partition coefficient (Wildman–Crippen LogP) is 4.86. The number of carbonyl (C=O) groups is 2. The maximum atomic E-state index is 11.6. The molecule has 0 heterocycles. The average molecular weight is 300 g/mol. The van der Waals surface area contributed by atoms with E-state index in [1.165, 1.54) is 6.42 Å². The molecule has 0 radical (unpaired) electrons. The molecule has 124 valence electrons. The van der Waals surface area contributed by atoms with Gasteiger partial charge in [0.25, 0.3) is 0 Å². The van der Waals surface area contributed by atoms with Gasteiger partial charge in [0.2, 0.25) is 0 Å². The lowest BCUT2D eigenvalue weighted by atomic mass is 9.76. The van der Waals surface area contributed by atoms with Gasteiger partial charge in [0, 0.05) is 6.42 Å². The van der Waals surface area contributed by atoms with E-state index >= 15 is 0 Å². The highest BCUT2D eigenvalue weighted by molar-refractivity contribution is 5.74. The highest BCUT2D eigenvalue weighted by Gasteiger charge is 2.35. The lowest BCUT2D eigenvalue weighted by Crippen LogP contribution is -2.30. The third-order valence-corrected chi connectivity index (χ3v) is 4.44. The molecule has 2 N–H and O–H groups in total. The molecule has 0 bridgehead atoms. The van der Waals surface area contributed by atoms with E-state index in [0.29, 0.717) is 12.8 Å². The van der Waals surface area contributed by atoms with Crippen LogP contribution >= 0.6 is 0 Å². The van der Waals surface area contributed by atoms with Crippen molar-refractivity contribution in [2.75, 3.05) is 0 Å². The van der Waals surface area contributed by atoms with Gasteiger partial charge in [-0.25, -0.2) is 0 Å². The monoisotopic (exact) mass is 300 g/mol. The van der Waals surface area contributed by atoms with Crippen LogP contribution in [-0.2, 0) is 9.59 Å². The molecule has 4 nitrogen and oxygen atoms in total. The van der Waals surface area contributed by atoms with Gasteiger partial charge in [0.1, 0.15) is 0 Å². The molecule has 0 saturated heterocycles. The van der Waals surface area contributed by atoms with Gasteiger partial charge < -0.3 is 10.2 Å². The van der Waals surface area contributed by atoms with Crippen LogP contribution < -0.4 is 0 Å². The fraction of sp³-hybridized carbons (Fsp3) is 0.882. The highest BCUT2D eigenvalue weighted by atomic mass is 16.4. The van der Waals surface area contributed by atoms with Crippen LogP contribution in [-0.4, -0.2) is 22.2 Å². The lowest BCUT2D eigenvalue weighted by Gasteiger charge is -2.28. The van der Waals surface area contributed by atoms with Gasteiger partial charge in [0.15, 0.2) is 0 Å². The standard InChI is InChI=1S/C17H32O4/c1-3-5-6-10-13-17(4-2,16(20)21)14-11-8-7-9-12-15(18)19/h3-14H2,1-2H3,(H,18,19)(H,20,21). The fourth-order valence-electron chi connectivity index (χ4n) is 2.83. The summed E-state index contributed by atoms with van der Waals surface area (Å²) in [7, 11) is 0. The summed E-state index contributed by atoms with van der Waals surface area (Å²) in [5.74, 6) is -1.41.